The fraction of sp³-hybridized carbons (Fsp3) is 0.350. The number of carbonyl (C=O) groups excluding carboxylic acids is 1. The van der Waals surface area contributed by atoms with Crippen LogP contribution in [0.15, 0.2) is 30.5 Å². The first-order valence-corrected chi connectivity index (χ1v) is 9.04. The summed E-state index contributed by atoms with van der Waals surface area (Å²) in [6.45, 7) is 6.70. The molecule has 0 saturated carbocycles. The predicted molar refractivity (Wildman–Crippen MR) is 105 cm³/mol. The number of hydrogen-bond donors (Lipinski definition) is 1. The third kappa shape index (κ3) is 4.60. The van der Waals surface area contributed by atoms with E-state index in [0.29, 0.717) is 19.6 Å². The van der Waals surface area contributed by atoms with Crippen LogP contribution in [-0.4, -0.2) is 26.5 Å². The molecule has 29 heavy (non-hydrogen) atoms. The van der Waals surface area contributed by atoms with Crippen molar-refractivity contribution in [3.63, 3.8) is 0 Å². The van der Waals surface area contributed by atoms with Gasteiger partial charge in [0.25, 0.3) is 0 Å². The molecule has 0 bridgehead atoms. The number of benzene rings is 1. The van der Waals surface area contributed by atoms with Gasteiger partial charge < -0.3 is 10.1 Å². The molecule has 2 aromatic rings. The van der Waals surface area contributed by atoms with Crippen molar-refractivity contribution in [2.75, 3.05) is 5.32 Å². The summed E-state index contributed by atoms with van der Waals surface area (Å²) in [6, 6.07) is 8.90. The lowest BCUT2D eigenvalue weighted by atomic mass is 10.1. The Morgan fingerprint density at radius 1 is 1.34 bits per heavy atom. The Balaban J connectivity index is 1.71. The number of carbonyl (C=O) groups is 1. The number of nitrogens with one attached hydrogen (secondary N) is 1. The zero-order valence-electron chi connectivity index (χ0n) is 16.4. The highest BCUT2D eigenvalue weighted by atomic mass is 16.6. The zero-order chi connectivity index (χ0) is 21.2. The van der Waals surface area contributed by atoms with Gasteiger partial charge in [-0.1, -0.05) is 18.2 Å². The van der Waals surface area contributed by atoms with E-state index in [1.54, 1.807) is 4.90 Å². The minimum atomic E-state index is -0.616. The molecule has 9 heteroatoms. The van der Waals surface area contributed by atoms with Gasteiger partial charge in [-0.15, -0.1) is 0 Å². The lowest BCUT2D eigenvalue weighted by Crippen LogP contribution is -2.33. The van der Waals surface area contributed by atoms with Crippen LogP contribution < -0.4 is 5.32 Å². The quantitative estimate of drug-likeness (QED) is 0.618. The number of amides is 1. The molecule has 1 aromatic carbocycles. The fourth-order valence-electron chi connectivity index (χ4n) is 3.06. The third-order valence-electron chi connectivity index (χ3n) is 4.33. The Bertz CT molecular complexity index is 1010. The number of nitrogens with zero attached hydrogens (tertiary/aromatic N) is 4. The smallest absolute Gasteiger partial charge is 0.410 e. The average Bonchev–Trinajstić information content (AvgIpc) is 3.08. The summed E-state index contributed by atoms with van der Waals surface area (Å²) >= 11 is 0. The van der Waals surface area contributed by atoms with Crippen LogP contribution in [0, 0.1) is 21.4 Å². The normalized spacial score (nSPS) is 12.8. The van der Waals surface area contributed by atoms with Crippen LogP contribution in [0.2, 0.25) is 0 Å². The second-order valence-corrected chi connectivity index (χ2v) is 7.72. The Kier molecular flexibility index (Phi) is 5.37. The molecule has 0 atom stereocenters. The average molecular weight is 395 g/mol. The molecule has 0 aliphatic carbocycles. The van der Waals surface area contributed by atoms with Crippen LogP contribution >= 0.6 is 0 Å². The summed E-state index contributed by atoms with van der Waals surface area (Å²) < 4.78 is 5.42. The molecular formula is C20H21N5O4. The Morgan fingerprint density at radius 3 is 2.72 bits per heavy atom. The summed E-state index contributed by atoms with van der Waals surface area (Å²) in [5.74, 6) is 0.0462. The van der Waals surface area contributed by atoms with E-state index in [4.69, 9.17) is 10.00 Å². The number of nitriles is 1. The predicted octanol–water partition coefficient (Wildman–Crippen LogP) is 3.72. The maximum atomic E-state index is 12.3. The van der Waals surface area contributed by atoms with Gasteiger partial charge in [0.2, 0.25) is 5.82 Å². The topological polar surface area (TPSA) is 121 Å². The second kappa shape index (κ2) is 7.75. The molecule has 1 aliphatic heterocycles. The van der Waals surface area contributed by atoms with Gasteiger partial charge in [0.15, 0.2) is 0 Å². The first-order chi connectivity index (χ1) is 13.7. The van der Waals surface area contributed by atoms with Crippen LogP contribution in [0.25, 0.3) is 0 Å². The molecule has 9 nitrogen and oxygen atoms in total. The number of fused-ring (bicyclic) bond motifs is 1. The summed E-state index contributed by atoms with van der Waals surface area (Å²) in [5.41, 5.74) is 1.98. The van der Waals surface area contributed by atoms with Crippen LogP contribution in [-0.2, 0) is 24.4 Å². The van der Waals surface area contributed by atoms with Gasteiger partial charge in [-0.3, -0.25) is 15.0 Å². The SMILES string of the molecule is CC(C)(C)OC(=O)N1Cc2ccc(CNc3nccc(C#N)c3[N+](=O)[O-])cc2C1. The molecule has 0 radical (unpaired) electrons. The van der Waals surface area contributed by atoms with Crippen molar-refractivity contribution in [2.24, 2.45) is 0 Å². The number of aromatic nitrogens is 1. The van der Waals surface area contributed by atoms with Crippen LogP contribution in [0.5, 0.6) is 0 Å². The molecule has 0 fully saturated rings. The van der Waals surface area contributed by atoms with Gasteiger partial charge >= 0.3 is 11.8 Å². The Morgan fingerprint density at radius 2 is 2.07 bits per heavy atom. The molecule has 1 aromatic heterocycles. The molecule has 1 amide bonds. The largest absolute Gasteiger partial charge is 0.444 e. The molecule has 1 N–H and O–H groups in total. The van der Waals surface area contributed by atoms with Crippen molar-refractivity contribution in [1.29, 1.82) is 5.26 Å². The second-order valence-electron chi connectivity index (χ2n) is 7.72. The first-order valence-electron chi connectivity index (χ1n) is 9.04. The fourth-order valence-corrected chi connectivity index (χ4v) is 3.06. The summed E-state index contributed by atoms with van der Waals surface area (Å²) in [6.07, 6.45) is 0.997. The lowest BCUT2D eigenvalue weighted by molar-refractivity contribution is -0.384. The molecule has 3 rings (SSSR count). The molecule has 1 aliphatic rings. The van der Waals surface area contributed by atoms with E-state index in [1.165, 1.54) is 12.3 Å². The highest BCUT2D eigenvalue weighted by Gasteiger charge is 2.28. The molecular weight excluding hydrogens is 374 g/mol. The van der Waals surface area contributed by atoms with Gasteiger partial charge in [0, 0.05) is 25.8 Å². The number of rotatable bonds is 4. The number of hydrogen-bond acceptors (Lipinski definition) is 7. The van der Waals surface area contributed by atoms with Crippen LogP contribution in [0.1, 0.15) is 43.0 Å². The van der Waals surface area contributed by atoms with Crippen molar-refractivity contribution in [3.8, 4) is 6.07 Å². The van der Waals surface area contributed by atoms with Gasteiger partial charge in [-0.2, -0.15) is 5.26 Å². The van der Waals surface area contributed by atoms with E-state index in [-0.39, 0.29) is 23.2 Å². The maximum absolute atomic E-state index is 12.3. The molecule has 0 spiro atoms. The van der Waals surface area contributed by atoms with E-state index < -0.39 is 10.5 Å². The van der Waals surface area contributed by atoms with Crippen molar-refractivity contribution in [3.05, 3.63) is 62.8 Å². The molecule has 0 saturated heterocycles. The Hall–Kier alpha value is -3.67. The van der Waals surface area contributed by atoms with Gasteiger partial charge in [0.05, 0.1) is 4.92 Å². The van der Waals surface area contributed by atoms with Gasteiger partial charge in [-0.05, 0) is 43.5 Å². The third-order valence-corrected chi connectivity index (χ3v) is 4.33. The van der Waals surface area contributed by atoms with Crippen molar-refractivity contribution >= 4 is 17.6 Å². The van der Waals surface area contributed by atoms with Gasteiger partial charge in [-0.25, -0.2) is 9.78 Å². The number of nitro groups is 1. The van der Waals surface area contributed by atoms with E-state index >= 15 is 0 Å². The molecule has 0 unspecified atom stereocenters. The first kappa shape index (κ1) is 20.1. The number of pyridine rings is 1. The van der Waals surface area contributed by atoms with Crippen LogP contribution in [0.4, 0.5) is 16.3 Å². The minimum absolute atomic E-state index is 0.0462. The van der Waals surface area contributed by atoms with Crippen molar-refractivity contribution < 1.29 is 14.5 Å². The highest BCUT2D eigenvalue weighted by molar-refractivity contribution is 5.69. The summed E-state index contributed by atoms with van der Waals surface area (Å²) in [4.78, 5) is 28.6. The van der Waals surface area contributed by atoms with E-state index in [1.807, 2.05) is 45.0 Å². The maximum Gasteiger partial charge on any atom is 0.410 e. The monoisotopic (exact) mass is 395 g/mol. The van der Waals surface area contributed by atoms with E-state index in [2.05, 4.69) is 10.3 Å². The number of ether oxygens (including phenoxy) is 1. The van der Waals surface area contributed by atoms with Crippen molar-refractivity contribution in [1.82, 2.24) is 9.88 Å². The molecule has 150 valence electrons. The van der Waals surface area contributed by atoms with E-state index in [9.17, 15) is 14.9 Å². The summed E-state index contributed by atoms with van der Waals surface area (Å²) in [7, 11) is 0. The standard InChI is InChI=1S/C20H21N5O4/c1-20(2,3)29-19(26)24-11-15-5-4-13(8-16(15)12-24)10-23-18-17(25(27)28)14(9-21)6-7-22-18/h4-8H,10-12H2,1-3H3,(H,22,23). The minimum Gasteiger partial charge on any atom is -0.444 e. The van der Waals surface area contributed by atoms with Gasteiger partial charge in [0.1, 0.15) is 17.2 Å². The Labute approximate surface area is 168 Å². The highest BCUT2D eigenvalue weighted by Crippen LogP contribution is 2.28. The molecule has 2 heterocycles. The number of anilines is 1. The summed E-state index contributed by atoms with van der Waals surface area (Å²) in [5, 5.41) is 23.3. The van der Waals surface area contributed by atoms with E-state index in [0.717, 1.165) is 16.7 Å². The van der Waals surface area contributed by atoms with Crippen molar-refractivity contribution in [2.45, 2.75) is 46.0 Å². The zero-order valence-corrected chi connectivity index (χ0v) is 16.4. The lowest BCUT2D eigenvalue weighted by Gasteiger charge is -2.24. The van der Waals surface area contributed by atoms with Crippen LogP contribution in [0.3, 0.4) is 0 Å².